The van der Waals surface area contributed by atoms with Crippen molar-refractivity contribution in [3.8, 4) is 0 Å². The van der Waals surface area contributed by atoms with E-state index in [-0.39, 0.29) is 31.1 Å². The first-order chi connectivity index (χ1) is 36.5. The van der Waals surface area contributed by atoms with E-state index in [2.05, 4.69) is 130 Å². The Morgan fingerprint density at radius 2 is 0.527 bits per heavy atom. The highest BCUT2D eigenvalue weighted by Gasteiger charge is 2.19. The van der Waals surface area contributed by atoms with Crippen molar-refractivity contribution >= 4 is 17.9 Å². The van der Waals surface area contributed by atoms with E-state index in [1.54, 1.807) is 0 Å². The zero-order chi connectivity index (χ0) is 53.6. The molecule has 6 heteroatoms. The molecule has 0 aliphatic rings. The average Bonchev–Trinajstić information content (AvgIpc) is 3.40. The van der Waals surface area contributed by atoms with Gasteiger partial charge in [-0.05, 0) is 128 Å². The van der Waals surface area contributed by atoms with Crippen LogP contribution in [0.15, 0.2) is 109 Å². The fourth-order valence-corrected chi connectivity index (χ4v) is 8.35. The molecule has 0 fully saturated rings. The second kappa shape index (κ2) is 61.6. The Morgan fingerprint density at radius 1 is 0.284 bits per heavy atom. The molecule has 0 aromatic heterocycles. The van der Waals surface area contributed by atoms with Gasteiger partial charge in [0.05, 0.1) is 0 Å². The number of allylic oxidation sites excluding steroid dienone is 18. The minimum absolute atomic E-state index is 0.0952. The lowest BCUT2D eigenvalue weighted by atomic mass is 10.1. The van der Waals surface area contributed by atoms with Gasteiger partial charge in [-0.25, -0.2) is 0 Å². The molecule has 0 radical (unpaired) electrons. The van der Waals surface area contributed by atoms with E-state index in [0.29, 0.717) is 19.3 Å². The fourth-order valence-electron chi connectivity index (χ4n) is 8.35. The molecule has 0 rings (SSSR count). The third-order valence-corrected chi connectivity index (χ3v) is 13.0. The molecule has 74 heavy (non-hydrogen) atoms. The van der Waals surface area contributed by atoms with E-state index >= 15 is 0 Å². The molecule has 0 saturated carbocycles. The van der Waals surface area contributed by atoms with Crippen LogP contribution in [0, 0.1) is 0 Å². The normalized spacial score (nSPS) is 12.9. The van der Waals surface area contributed by atoms with Crippen molar-refractivity contribution < 1.29 is 28.6 Å². The average molecular weight is 1030 g/mol. The van der Waals surface area contributed by atoms with Crippen molar-refractivity contribution in [2.45, 2.75) is 290 Å². The SMILES string of the molecule is CC/C=C\C/C=C\C/C=C\C/C=C\C/C=C\CCCCCCCC(=O)OCC(COC(=O)CCCCCCC/C=C\CCCCCCC)OC(=O)CCCCCCCC/C=C\C/C=C\C/C=C\CCCCCCC. The number of hydrogen-bond acceptors (Lipinski definition) is 6. The number of esters is 3. The van der Waals surface area contributed by atoms with Crippen LogP contribution in [0.2, 0.25) is 0 Å². The monoisotopic (exact) mass is 1030 g/mol. The van der Waals surface area contributed by atoms with Crippen LogP contribution < -0.4 is 0 Å². The van der Waals surface area contributed by atoms with Crippen LogP contribution in [0.5, 0.6) is 0 Å². The highest BCUT2D eigenvalue weighted by atomic mass is 16.6. The van der Waals surface area contributed by atoms with Gasteiger partial charge in [0.2, 0.25) is 0 Å². The third-order valence-electron chi connectivity index (χ3n) is 13.0. The van der Waals surface area contributed by atoms with Crippen LogP contribution in [0.1, 0.15) is 284 Å². The minimum Gasteiger partial charge on any atom is -0.462 e. The second-order valence-corrected chi connectivity index (χ2v) is 20.2. The van der Waals surface area contributed by atoms with E-state index < -0.39 is 6.10 Å². The van der Waals surface area contributed by atoms with Gasteiger partial charge in [0.25, 0.3) is 0 Å². The number of rotatable bonds is 55. The summed E-state index contributed by atoms with van der Waals surface area (Å²) in [6, 6.07) is 0. The zero-order valence-corrected chi connectivity index (χ0v) is 48.3. The highest BCUT2D eigenvalue weighted by molar-refractivity contribution is 5.71. The Hall–Kier alpha value is -3.93. The fraction of sp³-hybridized carbons (Fsp3) is 0.691. The van der Waals surface area contributed by atoms with E-state index in [1.807, 2.05) is 0 Å². The van der Waals surface area contributed by atoms with Gasteiger partial charge >= 0.3 is 17.9 Å². The van der Waals surface area contributed by atoms with Gasteiger partial charge in [-0.1, -0.05) is 246 Å². The molecule has 0 aromatic rings. The Balaban J connectivity index is 4.46. The van der Waals surface area contributed by atoms with Crippen molar-refractivity contribution in [2.24, 2.45) is 0 Å². The summed E-state index contributed by atoms with van der Waals surface area (Å²) in [6.07, 6.45) is 83.6. The predicted molar refractivity (Wildman–Crippen MR) is 320 cm³/mol. The summed E-state index contributed by atoms with van der Waals surface area (Å²) in [5, 5.41) is 0. The van der Waals surface area contributed by atoms with E-state index in [1.165, 1.54) is 103 Å². The van der Waals surface area contributed by atoms with Crippen LogP contribution in [-0.2, 0) is 28.6 Å². The molecule has 0 aliphatic heterocycles. The van der Waals surface area contributed by atoms with Gasteiger partial charge in [0, 0.05) is 19.3 Å². The molecular formula is C68H114O6. The van der Waals surface area contributed by atoms with Crippen LogP contribution in [0.3, 0.4) is 0 Å². The Morgan fingerprint density at radius 3 is 0.838 bits per heavy atom. The van der Waals surface area contributed by atoms with Gasteiger partial charge in [-0.3, -0.25) is 14.4 Å². The molecule has 422 valence electrons. The zero-order valence-electron chi connectivity index (χ0n) is 48.3. The molecule has 0 aliphatic carbocycles. The minimum atomic E-state index is -0.800. The summed E-state index contributed by atoms with van der Waals surface area (Å²) in [6.45, 7) is 6.48. The molecule has 0 saturated heterocycles. The number of unbranched alkanes of at least 4 members (excludes halogenated alkanes) is 26. The molecule has 1 atom stereocenters. The first kappa shape index (κ1) is 70.1. The molecule has 0 N–H and O–H groups in total. The van der Waals surface area contributed by atoms with Crippen molar-refractivity contribution in [3.05, 3.63) is 109 Å². The molecule has 6 nitrogen and oxygen atoms in total. The molecule has 0 heterocycles. The van der Waals surface area contributed by atoms with Gasteiger partial charge in [0.15, 0.2) is 6.10 Å². The summed E-state index contributed by atoms with van der Waals surface area (Å²) in [5.41, 5.74) is 0. The quantitative estimate of drug-likeness (QED) is 0.0261. The van der Waals surface area contributed by atoms with Crippen molar-refractivity contribution in [2.75, 3.05) is 13.2 Å². The molecule has 1 unspecified atom stereocenters. The third kappa shape index (κ3) is 59.0. The Bertz CT molecular complexity index is 1510. The van der Waals surface area contributed by atoms with Gasteiger partial charge in [-0.15, -0.1) is 0 Å². The smallest absolute Gasteiger partial charge is 0.306 e. The summed E-state index contributed by atoms with van der Waals surface area (Å²) in [5.74, 6) is -0.931. The summed E-state index contributed by atoms with van der Waals surface area (Å²) in [7, 11) is 0. The van der Waals surface area contributed by atoms with Crippen molar-refractivity contribution in [1.82, 2.24) is 0 Å². The maximum Gasteiger partial charge on any atom is 0.306 e. The van der Waals surface area contributed by atoms with Crippen LogP contribution in [0.4, 0.5) is 0 Å². The van der Waals surface area contributed by atoms with E-state index in [0.717, 1.165) is 141 Å². The maximum absolute atomic E-state index is 12.9. The lowest BCUT2D eigenvalue weighted by Crippen LogP contribution is -2.30. The second-order valence-electron chi connectivity index (χ2n) is 20.2. The molecule has 0 spiro atoms. The lowest BCUT2D eigenvalue weighted by molar-refractivity contribution is -0.167. The van der Waals surface area contributed by atoms with Crippen LogP contribution in [0.25, 0.3) is 0 Å². The largest absolute Gasteiger partial charge is 0.462 e. The van der Waals surface area contributed by atoms with Gasteiger partial charge in [0.1, 0.15) is 13.2 Å². The van der Waals surface area contributed by atoms with E-state index in [9.17, 15) is 14.4 Å². The number of hydrogen-bond donors (Lipinski definition) is 0. The number of carbonyl (C=O) groups excluding carboxylic acids is 3. The summed E-state index contributed by atoms with van der Waals surface area (Å²) < 4.78 is 16.9. The number of ether oxygens (including phenoxy) is 3. The van der Waals surface area contributed by atoms with Crippen molar-refractivity contribution in [1.29, 1.82) is 0 Å². The maximum atomic E-state index is 12.9. The van der Waals surface area contributed by atoms with Gasteiger partial charge in [-0.2, -0.15) is 0 Å². The predicted octanol–water partition coefficient (Wildman–Crippen LogP) is 21.0. The van der Waals surface area contributed by atoms with E-state index in [4.69, 9.17) is 14.2 Å². The molecule has 0 aromatic carbocycles. The standard InChI is InChI=1S/C68H114O6/c1-4-7-10-13-16-19-22-25-28-30-32-34-36-38-40-43-46-49-52-55-58-61-67(70)73-64-65(63-72-66(69)60-57-54-51-48-45-42-27-24-21-18-15-12-9-6-3)74-68(71)62-59-56-53-50-47-44-41-39-37-35-33-31-29-26-23-20-17-14-11-8-5-2/h7,10,16,19,23-28,31-34,37-40,65H,4-6,8-9,11-15,17-18,20-22,29-30,35-36,41-64H2,1-3H3/b10-7-,19-16-,26-23-,27-24-,28-25-,33-31-,34-32-,39-37-,40-38-. The Labute approximate surface area is 457 Å². The first-order valence-corrected chi connectivity index (χ1v) is 30.9. The highest BCUT2D eigenvalue weighted by Crippen LogP contribution is 2.14. The lowest BCUT2D eigenvalue weighted by Gasteiger charge is -2.18. The molecule has 0 bridgehead atoms. The number of carbonyl (C=O) groups is 3. The van der Waals surface area contributed by atoms with Crippen LogP contribution >= 0.6 is 0 Å². The van der Waals surface area contributed by atoms with Crippen molar-refractivity contribution in [3.63, 3.8) is 0 Å². The van der Waals surface area contributed by atoms with Gasteiger partial charge < -0.3 is 14.2 Å². The van der Waals surface area contributed by atoms with Crippen LogP contribution in [-0.4, -0.2) is 37.2 Å². The Kier molecular flexibility index (Phi) is 58.3. The summed E-state index contributed by atoms with van der Waals surface area (Å²) >= 11 is 0. The summed E-state index contributed by atoms with van der Waals surface area (Å²) in [4.78, 5) is 38.3. The topological polar surface area (TPSA) is 78.9 Å². The molecular weight excluding hydrogens is 913 g/mol. The molecule has 0 amide bonds. The first-order valence-electron chi connectivity index (χ1n) is 30.9.